The van der Waals surface area contributed by atoms with Crippen molar-refractivity contribution in [3.63, 3.8) is 0 Å². The third kappa shape index (κ3) is 5.23. The predicted octanol–water partition coefficient (Wildman–Crippen LogP) is 4.95. The standard InChI is InChI=1S/C23H21N5O2/c1-29-20-11-7-19(8-12-20)26-23-27-22(15-24-28-23)25-18-9-13-21(14-10-18)30-16-17-5-3-2-4-6-17/h2-15H,16H2,1H3,(H2,25,26,27,28). The van der Waals surface area contributed by atoms with Crippen LogP contribution in [0.25, 0.3) is 0 Å². The maximum atomic E-state index is 5.81. The highest BCUT2D eigenvalue weighted by molar-refractivity contribution is 5.59. The van der Waals surface area contributed by atoms with E-state index >= 15 is 0 Å². The van der Waals surface area contributed by atoms with Gasteiger partial charge in [0.25, 0.3) is 0 Å². The molecule has 0 saturated heterocycles. The van der Waals surface area contributed by atoms with Gasteiger partial charge < -0.3 is 20.1 Å². The summed E-state index contributed by atoms with van der Waals surface area (Å²) in [6.45, 7) is 0.532. The lowest BCUT2D eigenvalue weighted by molar-refractivity contribution is 0.306. The van der Waals surface area contributed by atoms with E-state index in [0.29, 0.717) is 18.4 Å². The molecule has 0 atom stereocenters. The van der Waals surface area contributed by atoms with E-state index in [4.69, 9.17) is 9.47 Å². The molecule has 0 saturated carbocycles. The summed E-state index contributed by atoms with van der Waals surface area (Å²) in [6.07, 6.45) is 1.57. The molecule has 4 rings (SSSR count). The lowest BCUT2D eigenvalue weighted by Gasteiger charge is -2.10. The van der Waals surface area contributed by atoms with Crippen LogP contribution in [-0.4, -0.2) is 22.3 Å². The molecule has 0 aliphatic carbocycles. The molecule has 0 amide bonds. The Morgan fingerprint density at radius 1 is 0.767 bits per heavy atom. The van der Waals surface area contributed by atoms with Gasteiger partial charge in [0.2, 0.25) is 5.95 Å². The van der Waals surface area contributed by atoms with Gasteiger partial charge in [0.05, 0.1) is 13.3 Å². The summed E-state index contributed by atoms with van der Waals surface area (Å²) >= 11 is 0. The number of ether oxygens (including phenoxy) is 2. The Labute approximate surface area is 174 Å². The SMILES string of the molecule is COc1ccc(Nc2nncc(Nc3ccc(OCc4ccccc4)cc3)n2)cc1. The first-order valence-electron chi connectivity index (χ1n) is 9.43. The van der Waals surface area contributed by atoms with Gasteiger partial charge in [0.15, 0.2) is 5.82 Å². The Bertz CT molecular complexity index is 1070. The summed E-state index contributed by atoms with van der Waals surface area (Å²) in [5.41, 5.74) is 2.84. The lowest BCUT2D eigenvalue weighted by atomic mass is 10.2. The number of rotatable bonds is 8. The number of hydrogen-bond donors (Lipinski definition) is 2. The lowest BCUT2D eigenvalue weighted by Crippen LogP contribution is -2.02. The average Bonchev–Trinajstić information content (AvgIpc) is 2.80. The first-order chi connectivity index (χ1) is 14.8. The van der Waals surface area contributed by atoms with Crippen LogP contribution in [0, 0.1) is 0 Å². The molecule has 1 heterocycles. The van der Waals surface area contributed by atoms with Crippen LogP contribution < -0.4 is 20.1 Å². The Balaban J connectivity index is 1.36. The summed E-state index contributed by atoms with van der Waals surface area (Å²) in [6, 6.07) is 25.2. The van der Waals surface area contributed by atoms with Crippen molar-refractivity contribution in [2.75, 3.05) is 17.7 Å². The molecule has 7 heteroatoms. The molecule has 2 N–H and O–H groups in total. The summed E-state index contributed by atoms with van der Waals surface area (Å²) in [7, 11) is 1.63. The van der Waals surface area contributed by atoms with Crippen LogP contribution in [-0.2, 0) is 6.61 Å². The van der Waals surface area contributed by atoms with Crippen molar-refractivity contribution in [3.8, 4) is 11.5 Å². The second kappa shape index (κ2) is 9.38. The molecular weight excluding hydrogens is 378 g/mol. The Morgan fingerprint density at radius 2 is 1.43 bits per heavy atom. The fourth-order valence-corrected chi connectivity index (χ4v) is 2.74. The summed E-state index contributed by atoms with van der Waals surface area (Å²) in [5.74, 6) is 2.56. The van der Waals surface area contributed by atoms with Crippen LogP contribution >= 0.6 is 0 Å². The van der Waals surface area contributed by atoms with Gasteiger partial charge in [-0.15, -0.1) is 5.10 Å². The molecule has 0 unspecified atom stereocenters. The molecule has 4 aromatic rings. The fourth-order valence-electron chi connectivity index (χ4n) is 2.74. The third-order valence-corrected chi connectivity index (χ3v) is 4.28. The minimum absolute atomic E-state index is 0.396. The number of anilines is 4. The minimum atomic E-state index is 0.396. The van der Waals surface area contributed by atoms with Gasteiger partial charge in [0, 0.05) is 11.4 Å². The van der Waals surface area contributed by atoms with Crippen molar-refractivity contribution in [1.29, 1.82) is 0 Å². The largest absolute Gasteiger partial charge is 0.497 e. The Kier molecular flexibility index (Phi) is 6.00. The van der Waals surface area contributed by atoms with E-state index in [-0.39, 0.29) is 0 Å². The fraction of sp³-hybridized carbons (Fsp3) is 0.0870. The van der Waals surface area contributed by atoms with Gasteiger partial charge in [-0.1, -0.05) is 30.3 Å². The van der Waals surface area contributed by atoms with Crippen molar-refractivity contribution in [2.45, 2.75) is 6.61 Å². The van der Waals surface area contributed by atoms with Crippen LogP contribution in [0.1, 0.15) is 5.56 Å². The zero-order valence-electron chi connectivity index (χ0n) is 16.4. The van der Waals surface area contributed by atoms with E-state index < -0.39 is 0 Å². The third-order valence-electron chi connectivity index (χ3n) is 4.28. The van der Waals surface area contributed by atoms with Crippen LogP contribution in [0.2, 0.25) is 0 Å². The topological polar surface area (TPSA) is 81.2 Å². The van der Waals surface area contributed by atoms with Gasteiger partial charge in [-0.25, -0.2) is 0 Å². The van der Waals surface area contributed by atoms with Gasteiger partial charge in [-0.2, -0.15) is 10.1 Å². The molecule has 3 aromatic carbocycles. The molecule has 0 bridgehead atoms. The summed E-state index contributed by atoms with van der Waals surface area (Å²) < 4.78 is 11.0. The molecular formula is C23H21N5O2. The number of nitrogens with one attached hydrogen (secondary N) is 2. The van der Waals surface area contributed by atoms with Gasteiger partial charge in [-0.05, 0) is 54.1 Å². The first kappa shape index (κ1) is 19.2. The Hall–Kier alpha value is -4.13. The van der Waals surface area contributed by atoms with Crippen LogP contribution in [0.15, 0.2) is 85.1 Å². The van der Waals surface area contributed by atoms with E-state index in [1.54, 1.807) is 13.3 Å². The molecule has 0 spiro atoms. The highest BCUT2D eigenvalue weighted by Gasteiger charge is 2.03. The molecule has 150 valence electrons. The van der Waals surface area contributed by atoms with Crippen molar-refractivity contribution in [2.24, 2.45) is 0 Å². The van der Waals surface area contributed by atoms with Crippen LogP contribution in [0.4, 0.5) is 23.1 Å². The van der Waals surface area contributed by atoms with Crippen molar-refractivity contribution < 1.29 is 9.47 Å². The number of nitrogens with zero attached hydrogens (tertiary/aromatic N) is 3. The minimum Gasteiger partial charge on any atom is -0.497 e. The molecule has 1 aromatic heterocycles. The molecule has 0 fully saturated rings. The smallest absolute Gasteiger partial charge is 0.249 e. The molecule has 0 aliphatic heterocycles. The summed E-state index contributed by atoms with van der Waals surface area (Å²) in [5, 5.41) is 14.4. The number of aromatic nitrogens is 3. The Morgan fingerprint density at radius 3 is 2.13 bits per heavy atom. The maximum Gasteiger partial charge on any atom is 0.249 e. The van der Waals surface area contributed by atoms with E-state index in [1.807, 2.05) is 78.9 Å². The average molecular weight is 399 g/mol. The molecule has 7 nitrogen and oxygen atoms in total. The normalized spacial score (nSPS) is 10.3. The molecule has 0 radical (unpaired) electrons. The first-order valence-corrected chi connectivity index (χ1v) is 9.43. The van der Waals surface area contributed by atoms with Gasteiger partial charge >= 0.3 is 0 Å². The number of hydrogen-bond acceptors (Lipinski definition) is 7. The van der Waals surface area contributed by atoms with Crippen molar-refractivity contribution >= 4 is 23.1 Å². The zero-order chi connectivity index (χ0) is 20.6. The molecule has 0 aliphatic rings. The second-order valence-electron chi connectivity index (χ2n) is 6.44. The second-order valence-corrected chi connectivity index (χ2v) is 6.44. The van der Waals surface area contributed by atoms with Crippen molar-refractivity contribution in [3.05, 3.63) is 90.6 Å². The number of benzene rings is 3. The maximum absolute atomic E-state index is 5.81. The highest BCUT2D eigenvalue weighted by Crippen LogP contribution is 2.21. The number of methoxy groups -OCH3 is 1. The van der Waals surface area contributed by atoms with E-state index in [9.17, 15) is 0 Å². The predicted molar refractivity (Wildman–Crippen MR) is 117 cm³/mol. The van der Waals surface area contributed by atoms with Crippen molar-refractivity contribution in [1.82, 2.24) is 15.2 Å². The highest BCUT2D eigenvalue weighted by atomic mass is 16.5. The van der Waals surface area contributed by atoms with Crippen LogP contribution in [0.3, 0.4) is 0 Å². The van der Waals surface area contributed by atoms with E-state index in [1.165, 1.54) is 0 Å². The molecule has 30 heavy (non-hydrogen) atoms. The van der Waals surface area contributed by atoms with E-state index in [2.05, 4.69) is 25.8 Å². The van der Waals surface area contributed by atoms with Gasteiger partial charge in [0.1, 0.15) is 18.1 Å². The quantitative estimate of drug-likeness (QED) is 0.434. The van der Waals surface area contributed by atoms with Crippen LogP contribution in [0.5, 0.6) is 11.5 Å². The van der Waals surface area contributed by atoms with E-state index in [0.717, 1.165) is 28.4 Å². The summed E-state index contributed by atoms with van der Waals surface area (Å²) in [4.78, 5) is 4.45. The monoisotopic (exact) mass is 399 g/mol. The zero-order valence-corrected chi connectivity index (χ0v) is 16.4. The van der Waals surface area contributed by atoms with Gasteiger partial charge in [-0.3, -0.25) is 0 Å².